The van der Waals surface area contributed by atoms with Crippen molar-refractivity contribution < 1.29 is 13.2 Å². The molecule has 1 heterocycles. The summed E-state index contributed by atoms with van der Waals surface area (Å²) in [7, 11) is -2.05. The minimum Gasteiger partial charge on any atom is -0.377 e. The number of nitrogens with zero attached hydrogens (tertiary/aromatic N) is 1. The zero-order valence-corrected chi connectivity index (χ0v) is 13.6. The number of ether oxygens (including phenoxy) is 1. The Balaban J connectivity index is 2.11. The van der Waals surface area contributed by atoms with Crippen molar-refractivity contribution in [2.24, 2.45) is 0 Å². The molecule has 0 amide bonds. The molecule has 0 radical (unpaired) electrons. The number of methoxy groups -OCH3 is 1. The molecule has 1 aliphatic heterocycles. The second-order valence-electron chi connectivity index (χ2n) is 5.08. The van der Waals surface area contributed by atoms with Crippen LogP contribution >= 0.6 is 11.6 Å². The van der Waals surface area contributed by atoms with Crippen molar-refractivity contribution in [3.8, 4) is 0 Å². The van der Waals surface area contributed by atoms with Gasteiger partial charge in [0.1, 0.15) is 4.90 Å². The predicted octanol–water partition coefficient (Wildman–Crippen LogP) is 3.63. The second kappa shape index (κ2) is 5.91. The van der Waals surface area contributed by atoms with Crippen LogP contribution in [-0.4, -0.2) is 22.1 Å². The Labute approximate surface area is 135 Å². The highest BCUT2D eigenvalue weighted by atomic mass is 35.5. The number of benzene rings is 2. The molecule has 3 rings (SSSR count). The summed E-state index contributed by atoms with van der Waals surface area (Å²) in [5, 5.41) is 0.230. The quantitative estimate of drug-likeness (QED) is 0.859. The Bertz CT molecular complexity index is 791. The van der Waals surface area contributed by atoms with E-state index in [1.165, 1.54) is 10.4 Å². The molecule has 1 aliphatic rings. The molecule has 2 aromatic carbocycles. The zero-order valence-electron chi connectivity index (χ0n) is 12.1. The first kappa shape index (κ1) is 15.3. The molecule has 4 nitrogen and oxygen atoms in total. The van der Waals surface area contributed by atoms with Crippen LogP contribution in [0.3, 0.4) is 0 Å². The average molecular weight is 338 g/mol. The van der Waals surface area contributed by atoms with Crippen LogP contribution in [0.1, 0.15) is 18.1 Å². The topological polar surface area (TPSA) is 46.6 Å². The summed E-state index contributed by atoms with van der Waals surface area (Å²) >= 11 is 6.08. The summed E-state index contributed by atoms with van der Waals surface area (Å²) in [6, 6.07) is 13.9. The zero-order chi connectivity index (χ0) is 15.7. The van der Waals surface area contributed by atoms with Gasteiger partial charge >= 0.3 is 0 Å². The molecule has 0 saturated heterocycles. The third kappa shape index (κ3) is 2.49. The Morgan fingerprint density at radius 1 is 1.14 bits per heavy atom. The van der Waals surface area contributed by atoms with E-state index in [1.54, 1.807) is 31.4 Å². The minimum absolute atomic E-state index is 0.0890. The van der Waals surface area contributed by atoms with Crippen molar-refractivity contribution in [1.82, 2.24) is 0 Å². The molecule has 116 valence electrons. The standard InChI is InChI=1S/C16H16ClNO3S/c1-21-15-10-11-18(14-8-4-2-6-12(14)15)22(19,20)16-9-5-3-7-13(16)17/h2-9,15H,10-11H2,1H3. The summed E-state index contributed by atoms with van der Waals surface area (Å²) in [4.78, 5) is 0.127. The number of rotatable bonds is 3. The third-order valence-corrected chi connectivity index (χ3v) is 6.15. The summed E-state index contributed by atoms with van der Waals surface area (Å²) in [5.74, 6) is 0. The number of fused-ring (bicyclic) bond motifs is 1. The Kier molecular flexibility index (Phi) is 4.12. The van der Waals surface area contributed by atoms with E-state index in [0.29, 0.717) is 18.7 Å². The monoisotopic (exact) mass is 337 g/mol. The number of hydrogen-bond acceptors (Lipinski definition) is 3. The number of halogens is 1. The Morgan fingerprint density at radius 3 is 2.55 bits per heavy atom. The van der Waals surface area contributed by atoms with E-state index in [1.807, 2.05) is 18.2 Å². The summed E-state index contributed by atoms with van der Waals surface area (Å²) in [5.41, 5.74) is 1.53. The molecule has 0 saturated carbocycles. The minimum atomic E-state index is -3.69. The largest absolute Gasteiger partial charge is 0.377 e. The van der Waals surface area contributed by atoms with E-state index in [4.69, 9.17) is 16.3 Å². The predicted molar refractivity (Wildman–Crippen MR) is 86.8 cm³/mol. The fourth-order valence-corrected chi connectivity index (χ4v) is 4.77. The molecule has 22 heavy (non-hydrogen) atoms. The smallest absolute Gasteiger partial charge is 0.265 e. The van der Waals surface area contributed by atoms with Gasteiger partial charge in [0, 0.05) is 19.2 Å². The highest BCUT2D eigenvalue weighted by molar-refractivity contribution is 7.93. The van der Waals surface area contributed by atoms with Gasteiger partial charge in [-0.2, -0.15) is 0 Å². The van der Waals surface area contributed by atoms with Crippen LogP contribution in [0, 0.1) is 0 Å². The average Bonchev–Trinajstić information content (AvgIpc) is 2.54. The van der Waals surface area contributed by atoms with Crippen LogP contribution in [0.15, 0.2) is 53.4 Å². The van der Waals surface area contributed by atoms with Gasteiger partial charge in [-0.1, -0.05) is 41.9 Å². The third-order valence-electron chi connectivity index (χ3n) is 3.84. The van der Waals surface area contributed by atoms with Gasteiger partial charge in [0.05, 0.1) is 16.8 Å². The van der Waals surface area contributed by atoms with E-state index in [-0.39, 0.29) is 16.0 Å². The molecule has 0 N–H and O–H groups in total. The van der Waals surface area contributed by atoms with Gasteiger partial charge in [-0.25, -0.2) is 8.42 Å². The first-order chi connectivity index (χ1) is 10.6. The van der Waals surface area contributed by atoms with Gasteiger partial charge in [-0.15, -0.1) is 0 Å². The number of para-hydroxylation sites is 1. The van der Waals surface area contributed by atoms with E-state index in [9.17, 15) is 8.42 Å². The highest BCUT2D eigenvalue weighted by Crippen LogP contribution is 2.39. The van der Waals surface area contributed by atoms with Crippen molar-refractivity contribution >= 4 is 27.3 Å². The molecule has 0 fully saturated rings. The van der Waals surface area contributed by atoms with Crippen molar-refractivity contribution in [1.29, 1.82) is 0 Å². The molecular weight excluding hydrogens is 322 g/mol. The lowest BCUT2D eigenvalue weighted by Gasteiger charge is -2.34. The van der Waals surface area contributed by atoms with Crippen LogP contribution in [0.4, 0.5) is 5.69 Å². The maximum absolute atomic E-state index is 13.0. The van der Waals surface area contributed by atoms with E-state index < -0.39 is 10.0 Å². The summed E-state index contributed by atoms with van der Waals surface area (Å²) in [6.45, 7) is 0.364. The second-order valence-corrected chi connectivity index (χ2v) is 7.32. The van der Waals surface area contributed by atoms with Crippen LogP contribution in [-0.2, 0) is 14.8 Å². The fraction of sp³-hybridized carbons (Fsp3) is 0.250. The Morgan fingerprint density at radius 2 is 1.82 bits per heavy atom. The highest BCUT2D eigenvalue weighted by Gasteiger charge is 2.33. The first-order valence-electron chi connectivity index (χ1n) is 6.94. The lowest BCUT2D eigenvalue weighted by Crippen LogP contribution is -2.37. The number of anilines is 1. The van der Waals surface area contributed by atoms with Crippen LogP contribution in [0.25, 0.3) is 0 Å². The first-order valence-corrected chi connectivity index (χ1v) is 8.76. The van der Waals surface area contributed by atoms with Gasteiger partial charge in [-0.3, -0.25) is 4.31 Å². The molecule has 1 unspecified atom stereocenters. The van der Waals surface area contributed by atoms with Crippen molar-refractivity contribution in [2.45, 2.75) is 17.4 Å². The molecule has 2 aromatic rings. The fourth-order valence-electron chi connectivity index (χ4n) is 2.76. The maximum Gasteiger partial charge on any atom is 0.265 e. The van der Waals surface area contributed by atoms with E-state index in [0.717, 1.165) is 5.56 Å². The maximum atomic E-state index is 13.0. The molecule has 0 spiro atoms. The molecular formula is C16H16ClNO3S. The van der Waals surface area contributed by atoms with Gasteiger partial charge < -0.3 is 4.74 Å². The van der Waals surface area contributed by atoms with Crippen molar-refractivity contribution in [3.63, 3.8) is 0 Å². The molecule has 6 heteroatoms. The van der Waals surface area contributed by atoms with Gasteiger partial charge in [0.25, 0.3) is 10.0 Å². The van der Waals surface area contributed by atoms with Crippen LogP contribution in [0.5, 0.6) is 0 Å². The SMILES string of the molecule is COC1CCN(S(=O)(=O)c2ccccc2Cl)c2ccccc21. The van der Waals surface area contributed by atoms with Crippen LogP contribution < -0.4 is 4.31 Å². The molecule has 1 atom stereocenters. The van der Waals surface area contributed by atoms with Crippen molar-refractivity contribution in [3.05, 3.63) is 59.1 Å². The van der Waals surface area contributed by atoms with E-state index in [2.05, 4.69) is 0 Å². The van der Waals surface area contributed by atoms with Crippen molar-refractivity contribution in [2.75, 3.05) is 18.0 Å². The van der Waals surface area contributed by atoms with Gasteiger partial charge in [0.2, 0.25) is 0 Å². The van der Waals surface area contributed by atoms with Crippen LogP contribution in [0.2, 0.25) is 5.02 Å². The number of sulfonamides is 1. The lowest BCUT2D eigenvalue weighted by atomic mass is 10.0. The van der Waals surface area contributed by atoms with Gasteiger partial charge in [0.15, 0.2) is 0 Å². The summed E-state index contributed by atoms with van der Waals surface area (Å²) < 4.78 is 32.8. The summed E-state index contributed by atoms with van der Waals surface area (Å²) in [6.07, 6.45) is 0.519. The van der Waals surface area contributed by atoms with Gasteiger partial charge in [-0.05, 0) is 24.6 Å². The molecule has 0 bridgehead atoms. The van der Waals surface area contributed by atoms with E-state index >= 15 is 0 Å². The lowest BCUT2D eigenvalue weighted by molar-refractivity contribution is 0.0951. The number of hydrogen-bond donors (Lipinski definition) is 0. The molecule has 0 aliphatic carbocycles. The normalized spacial score (nSPS) is 18.1. The Hall–Kier alpha value is -1.56. The molecule has 0 aromatic heterocycles.